The zero-order valence-corrected chi connectivity index (χ0v) is 11.8. The van der Waals surface area contributed by atoms with Crippen LogP contribution in [0.15, 0.2) is 12.3 Å². The third-order valence-electron chi connectivity index (χ3n) is 3.37. The third kappa shape index (κ3) is 3.67. The van der Waals surface area contributed by atoms with Crippen molar-refractivity contribution in [2.24, 2.45) is 5.92 Å². The lowest BCUT2D eigenvalue weighted by atomic mass is 9.92. The highest BCUT2D eigenvalue weighted by atomic mass is 16.3. The first-order chi connectivity index (χ1) is 8.49. The van der Waals surface area contributed by atoms with Crippen molar-refractivity contribution in [2.75, 3.05) is 0 Å². The number of hydrogen-bond acceptors (Lipinski definition) is 3. The molecule has 1 unspecified atom stereocenters. The van der Waals surface area contributed by atoms with Crippen LogP contribution in [-0.4, -0.2) is 26.8 Å². The van der Waals surface area contributed by atoms with Crippen molar-refractivity contribution < 1.29 is 9.90 Å². The van der Waals surface area contributed by atoms with Crippen molar-refractivity contribution in [2.45, 2.75) is 59.1 Å². The Morgan fingerprint density at radius 1 is 1.39 bits per heavy atom. The van der Waals surface area contributed by atoms with Crippen molar-refractivity contribution in [3.05, 3.63) is 18.0 Å². The second-order valence-electron chi connectivity index (χ2n) is 5.05. The monoisotopic (exact) mass is 252 g/mol. The molecule has 4 nitrogen and oxygen atoms in total. The van der Waals surface area contributed by atoms with Gasteiger partial charge in [-0.05, 0) is 25.8 Å². The first-order valence-electron chi connectivity index (χ1n) is 6.74. The van der Waals surface area contributed by atoms with Crippen molar-refractivity contribution >= 4 is 5.78 Å². The summed E-state index contributed by atoms with van der Waals surface area (Å²) in [5, 5.41) is 14.3. The molecule has 0 amide bonds. The fraction of sp³-hybridized carbons (Fsp3) is 0.714. The van der Waals surface area contributed by atoms with Gasteiger partial charge < -0.3 is 5.11 Å². The second kappa shape index (κ2) is 6.69. The van der Waals surface area contributed by atoms with E-state index in [0.29, 0.717) is 0 Å². The molecule has 0 aliphatic heterocycles. The number of aromatic nitrogens is 2. The van der Waals surface area contributed by atoms with E-state index in [4.69, 9.17) is 0 Å². The van der Waals surface area contributed by atoms with Crippen LogP contribution in [0.2, 0.25) is 0 Å². The Morgan fingerprint density at radius 2 is 2.00 bits per heavy atom. The van der Waals surface area contributed by atoms with E-state index in [0.717, 1.165) is 18.5 Å². The Morgan fingerprint density at radius 3 is 2.44 bits per heavy atom. The standard InChI is InChI=1S/C14H24N2O2/c1-5-11(6-2)14(18)13(17)9-12-7-8-16(15-12)10(3)4/h7-8,10-11,14,18H,5-6,9H2,1-4H3. The molecule has 1 N–H and O–H groups in total. The SMILES string of the molecule is CCC(CC)C(O)C(=O)Cc1ccn(C(C)C)n1. The number of aliphatic hydroxyl groups excluding tert-OH is 1. The van der Waals surface area contributed by atoms with Crippen molar-refractivity contribution in [1.82, 2.24) is 9.78 Å². The third-order valence-corrected chi connectivity index (χ3v) is 3.37. The van der Waals surface area contributed by atoms with E-state index in [-0.39, 0.29) is 24.2 Å². The lowest BCUT2D eigenvalue weighted by Gasteiger charge is -2.18. The minimum absolute atomic E-state index is 0.0599. The van der Waals surface area contributed by atoms with Crippen molar-refractivity contribution in [1.29, 1.82) is 0 Å². The second-order valence-corrected chi connectivity index (χ2v) is 5.05. The summed E-state index contributed by atoms with van der Waals surface area (Å²) in [5.74, 6) is -0.0672. The maximum atomic E-state index is 12.0. The molecule has 0 aromatic carbocycles. The molecular weight excluding hydrogens is 228 g/mol. The van der Waals surface area contributed by atoms with E-state index >= 15 is 0 Å². The van der Waals surface area contributed by atoms with Gasteiger partial charge in [0.2, 0.25) is 0 Å². The Balaban J connectivity index is 2.63. The molecule has 102 valence electrons. The number of ketones is 1. The minimum atomic E-state index is -0.857. The van der Waals surface area contributed by atoms with E-state index in [2.05, 4.69) is 5.10 Å². The molecule has 4 heteroatoms. The smallest absolute Gasteiger partial charge is 0.167 e. The lowest BCUT2D eigenvalue weighted by molar-refractivity contribution is -0.129. The molecule has 0 saturated carbocycles. The summed E-state index contributed by atoms with van der Waals surface area (Å²) in [5.41, 5.74) is 0.735. The first-order valence-corrected chi connectivity index (χ1v) is 6.74. The molecule has 1 rings (SSSR count). The van der Waals surface area contributed by atoms with Gasteiger partial charge in [-0.15, -0.1) is 0 Å². The van der Waals surface area contributed by atoms with Gasteiger partial charge in [0.1, 0.15) is 6.10 Å². The van der Waals surface area contributed by atoms with E-state index in [1.165, 1.54) is 0 Å². The lowest BCUT2D eigenvalue weighted by Crippen LogP contribution is -2.30. The van der Waals surface area contributed by atoms with Gasteiger partial charge in [-0.1, -0.05) is 26.7 Å². The van der Waals surface area contributed by atoms with Crippen LogP contribution in [0.1, 0.15) is 52.3 Å². The molecule has 0 aliphatic carbocycles. The van der Waals surface area contributed by atoms with Gasteiger partial charge in [0.15, 0.2) is 5.78 Å². The highest BCUT2D eigenvalue weighted by Crippen LogP contribution is 2.15. The number of Topliss-reactive ketones (excluding diaryl/α,β-unsaturated/α-hetero) is 1. The van der Waals surface area contributed by atoms with E-state index < -0.39 is 6.10 Å². The summed E-state index contributed by atoms with van der Waals surface area (Å²) in [6, 6.07) is 2.13. The number of rotatable bonds is 7. The summed E-state index contributed by atoms with van der Waals surface area (Å²) in [6.45, 7) is 8.07. The molecule has 1 heterocycles. The molecule has 0 radical (unpaired) electrons. The summed E-state index contributed by atoms with van der Waals surface area (Å²) in [7, 11) is 0. The van der Waals surface area contributed by atoms with Crippen molar-refractivity contribution in [3.63, 3.8) is 0 Å². The largest absolute Gasteiger partial charge is 0.385 e. The van der Waals surface area contributed by atoms with Crippen LogP contribution in [0.3, 0.4) is 0 Å². The predicted molar refractivity (Wildman–Crippen MR) is 71.4 cm³/mol. The van der Waals surface area contributed by atoms with Gasteiger partial charge >= 0.3 is 0 Å². The van der Waals surface area contributed by atoms with Gasteiger partial charge in [-0.3, -0.25) is 9.48 Å². The molecule has 0 fully saturated rings. The molecule has 0 spiro atoms. The Kier molecular flexibility index (Phi) is 5.54. The molecule has 0 bridgehead atoms. The normalized spacial score (nSPS) is 13.3. The van der Waals surface area contributed by atoms with E-state index in [1.54, 1.807) is 0 Å². The van der Waals surface area contributed by atoms with Gasteiger partial charge in [0, 0.05) is 12.2 Å². The first kappa shape index (κ1) is 14.9. The molecule has 1 aromatic rings. The Labute approximate surface area is 109 Å². The van der Waals surface area contributed by atoms with Crippen molar-refractivity contribution in [3.8, 4) is 0 Å². The van der Waals surface area contributed by atoms with Crippen LogP contribution in [0, 0.1) is 5.92 Å². The van der Waals surface area contributed by atoms with Gasteiger partial charge in [0.05, 0.1) is 12.1 Å². The van der Waals surface area contributed by atoms with Crippen LogP contribution in [0.25, 0.3) is 0 Å². The summed E-state index contributed by atoms with van der Waals surface area (Å²) < 4.78 is 1.83. The van der Waals surface area contributed by atoms with E-state index in [9.17, 15) is 9.90 Å². The Hall–Kier alpha value is -1.16. The highest BCUT2D eigenvalue weighted by molar-refractivity contribution is 5.84. The fourth-order valence-electron chi connectivity index (χ4n) is 2.04. The number of aliphatic hydroxyl groups is 1. The van der Waals surface area contributed by atoms with Crippen LogP contribution in [0.5, 0.6) is 0 Å². The summed E-state index contributed by atoms with van der Waals surface area (Å²) >= 11 is 0. The predicted octanol–water partition coefficient (Wildman–Crippen LogP) is 2.37. The van der Waals surface area contributed by atoms with Crippen LogP contribution >= 0.6 is 0 Å². The van der Waals surface area contributed by atoms with Gasteiger partial charge in [-0.25, -0.2) is 0 Å². The summed E-state index contributed by atoms with van der Waals surface area (Å²) in [6.07, 6.45) is 2.88. The summed E-state index contributed by atoms with van der Waals surface area (Å²) in [4.78, 5) is 12.0. The highest BCUT2D eigenvalue weighted by Gasteiger charge is 2.23. The molecular formula is C14H24N2O2. The quantitative estimate of drug-likeness (QED) is 0.810. The molecule has 1 atom stereocenters. The van der Waals surface area contributed by atoms with E-state index in [1.807, 2.05) is 44.6 Å². The maximum absolute atomic E-state index is 12.0. The minimum Gasteiger partial charge on any atom is -0.385 e. The van der Waals surface area contributed by atoms with Gasteiger partial charge in [0.25, 0.3) is 0 Å². The molecule has 1 aromatic heterocycles. The molecule has 0 aliphatic rings. The number of carbonyl (C=O) groups excluding carboxylic acids is 1. The topological polar surface area (TPSA) is 55.1 Å². The number of hydrogen-bond donors (Lipinski definition) is 1. The zero-order valence-electron chi connectivity index (χ0n) is 11.8. The van der Waals surface area contributed by atoms with Crippen LogP contribution in [0.4, 0.5) is 0 Å². The number of nitrogens with zero attached hydrogens (tertiary/aromatic N) is 2. The number of carbonyl (C=O) groups is 1. The van der Waals surface area contributed by atoms with Crippen LogP contribution < -0.4 is 0 Å². The average molecular weight is 252 g/mol. The Bertz CT molecular complexity index is 381. The van der Waals surface area contributed by atoms with Gasteiger partial charge in [-0.2, -0.15) is 5.10 Å². The maximum Gasteiger partial charge on any atom is 0.167 e. The van der Waals surface area contributed by atoms with Crippen LogP contribution in [-0.2, 0) is 11.2 Å². The average Bonchev–Trinajstić information content (AvgIpc) is 2.79. The molecule has 0 saturated heterocycles. The molecule has 18 heavy (non-hydrogen) atoms. The zero-order chi connectivity index (χ0) is 13.7. The fourth-order valence-corrected chi connectivity index (χ4v) is 2.04.